The number of H-pyrrole nitrogens is 1. The van der Waals surface area contributed by atoms with Gasteiger partial charge in [0.1, 0.15) is 17.3 Å². The smallest absolute Gasteiger partial charge is 0.216 e. The molecule has 156 valence electrons. The number of halogens is 2. The van der Waals surface area contributed by atoms with E-state index in [1.165, 1.54) is 4.31 Å². The molecule has 0 radical (unpaired) electrons. The Kier molecular flexibility index (Phi) is 5.26. The zero-order chi connectivity index (χ0) is 20.8. The molecule has 1 atom stereocenters. The van der Waals surface area contributed by atoms with Crippen molar-refractivity contribution in [1.82, 2.24) is 24.9 Å². The average Bonchev–Trinajstić information content (AvgIpc) is 3.30. The van der Waals surface area contributed by atoms with Crippen molar-refractivity contribution in [3.05, 3.63) is 40.7 Å². The number of nitrogens with zero attached hydrogens (tertiary/aromatic N) is 3. The molecule has 4 rings (SSSR count). The number of sulfonamides is 1. The van der Waals surface area contributed by atoms with E-state index in [-0.39, 0.29) is 18.4 Å². The maximum Gasteiger partial charge on any atom is 0.216 e. The second kappa shape index (κ2) is 7.58. The highest BCUT2D eigenvalue weighted by molar-refractivity contribution is 7.89. The monoisotopic (exact) mass is 440 g/mol. The van der Waals surface area contributed by atoms with Crippen LogP contribution in [0.2, 0.25) is 5.02 Å². The summed E-state index contributed by atoms with van der Waals surface area (Å²) in [5.41, 5.74) is 1.39. The third-order valence-electron chi connectivity index (χ3n) is 5.10. The molecule has 11 heteroatoms. The van der Waals surface area contributed by atoms with Crippen LogP contribution in [0.25, 0.3) is 11.0 Å². The highest BCUT2D eigenvalue weighted by Crippen LogP contribution is 2.23. The summed E-state index contributed by atoms with van der Waals surface area (Å²) in [6.45, 7) is 3.93. The van der Waals surface area contributed by atoms with Crippen LogP contribution < -0.4 is 10.6 Å². The molecule has 1 fully saturated rings. The molecule has 0 unspecified atom stereocenters. The minimum absolute atomic E-state index is 0.105. The molecule has 29 heavy (non-hydrogen) atoms. The summed E-state index contributed by atoms with van der Waals surface area (Å²) in [7, 11) is -3.32. The molecule has 0 bridgehead atoms. The van der Waals surface area contributed by atoms with Gasteiger partial charge in [-0.25, -0.2) is 17.8 Å². The quantitative estimate of drug-likeness (QED) is 0.660. The Bertz CT molecular complexity index is 1110. The Morgan fingerprint density at radius 2 is 2.21 bits per heavy atom. The minimum Gasteiger partial charge on any atom is -0.365 e. The molecule has 0 amide bonds. The lowest BCUT2D eigenvalue weighted by Crippen LogP contribution is -2.43. The van der Waals surface area contributed by atoms with E-state index in [0.29, 0.717) is 36.0 Å². The van der Waals surface area contributed by atoms with Gasteiger partial charge in [0.25, 0.3) is 0 Å². The van der Waals surface area contributed by atoms with Crippen LogP contribution in [0.5, 0.6) is 0 Å². The minimum atomic E-state index is -3.32. The number of amidine groups is 1. The van der Waals surface area contributed by atoms with E-state index in [0.717, 1.165) is 10.9 Å². The summed E-state index contributed by atoms with van der Waals surface area (Å²) < 4.78 is 40.6. The van der Waals surface area contributed by atoms with E-state index in [1.54, 1.807) is 32.3 Å². The SMILES string of the molecule is CC(C)S(=O)(=O)N1CC[C@H](NC2=C(F)CN=C(c3c[nH]c4ncc(Cl)cc34)N2)C1. The van der Waals surface area contributed by atoms with Crippen molar-refractivity contribution in [2.45, 2.75) is 31.6 Å². The van der Waals surface area contributed by atoms with Crippen LogP contribution in [0.15, 0.2) is 35.1 Å². The third kappa shape index (κ3) is 3.84. The van der Waals surface area contributed by atoms with Crippen LogP contribution in [0.3, 0.4) is 0 Å². The zero-order valence-electron chi connectivity index (χ0n) is 16.0. The van der Waals surface area contributed by atoms with E-state index >= 15 is 0 Å². The molecule has 2 aromatic heterocycles. The van der Waals surface area contributed by atoms with Gasteiger partial charge in [0, 0.05) is 42.5 Å². The Balaban J connectivity index is 1.49. The van der Waals surface area contributed by atoms with Crippen LogP contribution in [-0.4, -0.2) is 59.5 Å². The topological polar surface area (TPSA) is 102 Å². The number of hydrogen-bond donors (Lipinski definition) is 3. The maximum absolute atomic E-state index is 14.4. The number of aromatic nitrogens is 2. The van der Waals surface area contributed by atoms with E-state index in [2.05, 4.69) is 25.6 Å². The normalized spacial score (nSPS) is 21.0. The van der Waals surface area contributed by atoms with Crippen molar-refractivity contribution in [2.24, 2.45) is 4.99 Å². The Morgan fingerprint density at radius 3 is 2.97 bits per heavy atom. The van der Waals surface area contributed by atoms with Gasteiger partial charge < -0.3 is 15.6 Å². The van der Waals surface area contributed by atoms with E-state index < -0.39 is 21.1 Å². The first-order valence-corrected chi connectivity index (χ1v) is 11.2. The van der Waals surface area contributed by atoms with Crippen molar-refractivity contribution in [1.29, 1.82) is 0 Å². The van der Waals surface area contributed by atoms with Gasteiger partial charge in [-0.3, -0.25) is 4.99 Å². The highest BCUT2D eigenvalue weighted by atomic mass is 35.5. The van der Waals surface area contributed by atoms with Crippen molar-refractivity contribution < 1.29 is 12.8 Å². The molecule has 3 N–H and O–H groups in total. The number of fused-ring (bicyclic) bond motifs is 1. The summed E-state index contributed by atoms with van der Waals surface area (Å²) in [5.74, 6) is 0.289. The van der Waals surface area contributed by atoms with Gasteiger partial charge >= 0.3 is 0 Å². The predicted molar refractivity (Wildman–Crippen MR) is 111 cm³/mol. The largest absolute Gasteiger partial charge is 0.365 e. The molecule has 0 saturated carbocycles. The fraction of sp³-hybridized carbons (Fsp3) is 0.444. The van der Waals surface area contributed by atoms with Crippen molar-refractivity contribution in [3.63, 3.8) is 0 Å². The number of aliphatic imine (C=N–C) groups is 1. The van der Waals surface area contributed by atoms with Gasteiger partial charge in [0.15, 0.2) is 5.83 Å². The highest BCUT2D eigenvalue weighted by Gasteiger charge is 2.34. The summed E-state index contributed by atoms with van der Waals surface area (Å²) >= 11 is 6.05. The lowest BCUT2D eigenvalue weighted by atomic mass is 10.2. The number of pyridine rings is 1. The first-order chi connectivity index (χ1) is 13.8. The molecule has 2 aromatic rings. The van der Waals surface area contributed by atoms with Gasteiger partial charge in [-0.05, 0) is 26.3 Å². The van der Waals surface area contributed by atoms with Gasteiger partial charge in [0.2, 0.25) is 10.0 Å². The van der Waals surface area contributed by atoms with E-state index in [4.69, 9.17) is 11.6 Å². The molecular formula is C18H22ClFN6O2S. The molecule has 1 saturated heterocycles. The van der Waals surface area contributed by atoms with E-state index in [9.17, 15) is 12.8 Å². The maximum atomic E-state index is 14.4. The predicted octanol–water partition coefficient (Wildman–Crippen LogP) is 2.11. The van der Waals surface area contributed by atoms with Crippen molar-refractivity contribution in [2.75, 3.05) is 19.6 Å². The Hall–Kier alpha value is -2.17. The number of rotatable bonds is 5. The third-order valence-corrected chi connectivity index (χ3v) is 7.55. The molecular weight excluding hydrogens is 419 g/mol. The summed E-state index contributed by atoms with van der Waals surface area (Å²) in [4.78, 5) is 11.5. The van der Waals surface area contributed by atoms with Gasteiger partial charge in [-0.15, -0.1) is 0 Å². The molecule has 0 spiro atoms. The number of nitrogens with one attached hydrogen (secondary N) is 3. The molecule has 2 aliphatic heterocycles. The summed E-state index contributed by atoms with van der Waals surface area (Å²) in [5, 5.41) is 6.91. The first kappa shape index (κ1) is 20.1. The van der Waals surface area contributed by atoms with Crippen LogP contribution in [0, 0.1) is 0 Å². The Morgan fingerprint density at radius 1 is 1.41 bits per heavy atom. The number of hydrogen-bond acceptors (Lipinski definition) is 6. The van der Waals surface area contributed by atoms with Crippen LogP contribution in [-0.2, 0) is 10.0 Å². The van der Waals surface area contributed by atoms with Gasteiger partial charge in [0.05, 0.1) is 16.8 Å². The zero-order valence-corrected chi connectivity index (χ0v) is 17.6. The van der Waals surface area contributed by atoms with Crippen LogP contribution in [0.1, 0.15) is 25.8 Å². The Labute approximate surface area is 173 Å². The molecule has 4 heterocycles. The summed E-state index contributed by atoms with van der Waals surface area (Å²) in [6, 6.07) is 1.59. The molecule has 0 aromatic carbocycles. The second-order valence-electron chi connectivity index (χ2n) is 7.40. The van der Waals surface area contributed by atoms with Crippen LogP contribution in [0.4, 0.5) is 4.39 Å². The molecule has 0 aliphatic carbocycles. The lowest BCUT2D eigenvalue weighted by molar-refractivity contribution is 0.453. The lowest BCUT2D eigenvalue weighted by Gasteiger charge is -2.23. The standard InChI is InChI=1S/C18H22ClFN6O2S/c1-10(2)29(27,28)26-4-3-12(9-26)24-18-15(20)8-23-17(25-18)14-7-22-16-13(14)5-11(19)6-21-16/h5-7,10,12,24H,3-4,8-9H2,1-2H3,(H,21,22)(H,23,25)/t12-/m0/s1. The van der Waals surface area contributed by atoms with E-state index in [1.807, 2.05) is 0 Å². The van der Waals surface area contributed by atoms with Crippen molar-refractivity contribution >= 4 is 38.5 Å². The fourth-order valence-electron chi connectivity index (χ4n) is 3.47. The summed E-state index contributed by atoms with van der Waals surface area (Å²) in [6.07, 6.45) is 3.89. The molecule has 8 nitrogen and oxygen atoms in total. The van der Waals surface area contributed by atoms with Crippen LogP contribution >= 0.6 is 11.6 Å². The van der Waals surface area contributed by atoms with Crippen molar-refractivity contribution in [3.8, 4) is 0 Å². The average molecular weight is 441 g/mol. The second-order valence-corrected chi connectivity index (χ2v) is 10.3. The first-order valence-electron chi connectivity index (χ1n) is 9.34. The molecule has 2 aliphatic rings. The number of aromatic amines is 1. The van der Waals surface area contributed by atoms with Gasteiger partial charge in [-0.2, -0.15) is 4.31 Å². The van der Waals surface area contributed by atoms with Gasteiger partial charge in [-0.1, -0.05) is 11.6 Å². The fourth-order valence-corrected chi connectivity index (χ4v) is 4.98.